The van der Waals surface area contributed by atoms with Crippen LogP contribution >= 0.6 is 0 Å². The maximum absolute atomic E-state index is 5.41. The molecule has 0 saturated heterocycles. The third-order valence-corrected chi connectivity index (χ3v) is 4.90. The Balaban J connectivity index is 1.49. The molecule has 0 unspecified atom stereocenters. The first-order valence-corrected chi connectivity index (χ1v) is 9.10. The fourth-order valence-corrected chi connectivity index (χ4v) is 3.47. The largest absolute Gasteiger partial charge is 0.493 e. The number of benzene rings is 2. The van der Waals surface area contributed by atoms with Crippen LogP contribution < -0.4 is 9.47 Å². The van der Waals surface area contributed by atoms with Crippen LogP contribution in [0.5, 0.6) is 11.5 Å². The van der Waals surface area contributed by atoms with Crippen LogP contribution in [0.3, 0.4) is 0 Å². The van der Waals surface area contributed by atoms with Crippen molar-refractivity contribution in [3.63, 3.8) is 0 Å². The Kier molecular flexibility index (Phi) is 5.03. The molecule has 0 aliphatic carbocycles. The molecule has 0 atom stereocenters. The highest BCUT2D eigenvalue weighted by atomic mass is 16.5. The smallest absolute Gasteiger partial charge is 0.161 e. The second-order valence-corrected chi connectivity index (χ2v) is 6.68. The molecule has 1 aliphatic rings. The zero-order valence-electron chi connectivity index (χ0n) is 15.7. The molecule has 0 saturated carbocycles. The predicted molar refractivity (Wildman–Crippen MR) is 105 cm³/mol. The van der Waals surface area contributed by atoms with Gasteiger partial charge in [0.25, 0.3) is 0 Å². The average molecular weight is 361 g/mol. The molecule has 0 N–H and O–H groups in total. The van der Waals surface area contributed by atoms with E-state index < -0.39 is 0 Å². The molecule has 5 nitrogen and oxygen atoms in total. The predicted octanol–water partition coefficient (Wildman–Crippen LogP) is 3.72. The van der Waals surface area contributed by atoms with Gasteiger partial charge in [-0.05, 0) is 17.7 Å². The van der Waals surface area contributed by atoms with Crippen molar-refractivity contribution in [1.82, 2.24) is 14.9 Å². The topological polar surface area (TPSA) is 47.5 Å². The number of aromatic nitrogens is 2. The Hall–Kier alpha value is -2.92. The van der Waals surface area contributed by atoms with Gasteiger partial charge in [0.1, 0.15) is 0 Å². The summed E-state index contributed by atoms with van der Waals surface area (Å²) in [4.78, 5) is 11.8. The first kappa shape index (κ1) is 17.5. The van der Waals surface area contributed by atoms with E-state index in [0.29, 0.717) is 0 Å². The highest BCUT2D eigenvalue weighted by Crippen LogP contribution is 2.29. The lowest BCUT2D eigenvalue weighted by molar-refractivity contribution is 0.242. The van der Waals surface area contributed by atoms with Gasteiger partial charge in [-0.1, -0.05) is 36.4 Å². The van der Waals surface area contributed by atoms with Crippen molar-refractivity contribution in [3.05, 3.63) is 71.5 Å². The summed E-state index contributed by atoms with van der Waals surface area (Å²) in [7, 11) is 3.32. The molecular formula is C22H23N3O2. The lowest BCUT2D eigenvalue weighted by atomic mass is 10.1. The van der Waals surface area contributed by atoms with Crippen molar-refractivity contribution in [3.8, 4) is 22.9 Å². The zero-order valence-corrected chi connectivity index (χ0v) is 15.7. The Morgan fingerprint density at radius 2 is 1.81 bits per heavy atom. The van der Waals surface area contributed by atoms with E-state index in [1.165, 1.54) is 11.1 Å². The third-order valence-electron chi connectivity index (χ3n) is 4.90. The van der Waals surface area contributed by atoms with Gasteiger partial charge in [-0.25, -0.2) is 9.97 Å². The van der Waals surface area contributed by atoms with Crippen LogP contribution in [0.1, 0.15) is 16.8 Å². The van der Waals surface area contributed by atoms with E-state index in [0.717, 1.165) is 54.6 Å². The van der Waals surface area contributed by atoms with Crippen LogP contribution in [0.4, 0.5) is 0 Å². The average Bonchev–Trinajstić information content (AvgIpc) is 2.74. The normalized spacial score (nSPS) is 13.9. The van der Waals surface area contributed by atoms with Crippen molar-refractivity contribution >= 4 is 0 Å². The van der Waals surface area contributed by atoms with Gasteiger partial charge in [0.05, 0.1) is 19.9 Å². The van der Waals surface area contributed by atoms with Crippen LogP contribution in [0.25, 0.3) is 11.4 Å². The molecule has 0 bridgehead atoms. The summed E-state index contributed by atoms with van der Waals surface area (Å²) >= 11 is 0. The van der Waals surface area contributed by atoms with E-state index in [1.54, 1.807) is 14.2 Å². The summed E-state index contributed by atoms with van der Waals surface area (Å²) in [6.45, 7) is 2.70. The summed E-state index contributed by atoms with van der Waals surface area (Å²) in [5, 5.41) is 0. The Morgan fingerprint density at radius 3 is 2.59 bits per heavy atom. The van der Waals surface area contributed by atoms with Crippen molar-refractivity contribution in [2.75, 3.05) is 20.8 Å². The molecule has 2 aromatic carbocycles. The zero-order chi connectivity index (χ0) is 18.6. The molecule has 2 heterocycles. The summed E-state index contributed by atoms with van der Waals surface area (Å²) in [6, 6.07) is 16.2. The van der Waals surface area contributed by atoms with Gasteiger partial charge in [-0.3, -0.25) is 4.90 Å². The molecule has 0 amide bonds. The van der Waals surface area contributed by atoms with Crippen molar-refractivity contribution in [2.24, 2.45) is 0 Å². The number of nitrogens with zero attached hydrogens (tertiary/aromatic N) is 3. The summed E-state index contributed by atoms with van der Waals surface area (Å²) < 4.78 is 10.7. The molecule has 27 heavy (non-hydrogen) atoms. The highest BCUT2D eigenvalue weighted by Gasteiger charge is 2.19. The van der Waals surface area contributed by atoms with Crippen molar-refractivity contribution < 1.29 is 9.47 Å². The van der Waals surface area contributed by atoms with Crippen LogP contribution in [-0.4, -0.2) is 35.6 Å². The number of rotatable bonds is 5. The minimum Gasteiger partial charge on any atom is -0.493 e. The molecule has 0 fully saturated rings. The number of ether oxygens (including phenoxy) is 2. The van der Waals surface area contributed by atoms with Crippen molar-refractivity contribution in [1.29, 1.82) is 0 Å². The molecular weight excluding hydrogens is 338 g/mol. The second-order valence-electron chi connectivity index (χ2n) is 6.68. The number of hydrogen-bond donors (Lipinski definition) is 0. The molecule has 5 heteroatoms. The fourth-order valence-electron chi connectivity index (χ4n) is 3.47. The van der Waals surface area contributed by atoms with Gasteiger partial charge < -0.3 is 9.47 Å². The maximum Gasteiger partial charge on any atom is 0.161 e. The SMILES string of the molecule is COc1ccc(CN2CCc3nc(-c4ccccc4)ncc3C2)cc1OC. The minimum atomic E-state index is 0.757. The standard InChI is InChI=1S/C22H23N3O2/c1-26-20-9-8-16(12-21(20)27-2)14-25-11-10-19-18(15-25)13-23-22(24-19)17-6-4-3-5-7-17/h3-9,12-13H,10-11,14-15H2,1-2H3. The van der Waals surface area contributed by atoms with Gasteiger partial charge >= 0.3 is 0 Å². The van der Waals surface area contributed by atoms with E-state index in [9.17, 15) is 0 Å². The van der Waals surface area contributed by atoms with E-state index in [-0.39, 0.29) is 0 Å². The molecule has 1 aliphatic heterocycles. The first-order chi connectivity index (χ1) is 13.3. The van der Waals surface area contributed by atoms with Crippen LogP contribution in [-0.2, 0) is 19.5 Å². The lowest BCUT2D eigenvalue weighted by Crippen LogP contribution is -2.31. The van der Waals surface area contributed by atoms with Gasteiger partial charge in [0, 0.05) is 43.4 Å². The molecule has 3 aromatic rings. The van der Waals surface area contributed by atoms with Crippen molar-refractivity contribution in [2.45, 2.75) is 19.5 Å². The molecule has 0 spiro atoms. The summed E-state index contributed by atoms with van der Waals surface area (Å²) in [5.41, 5.74) is 4.64. The minimum absolute atomic E-state index is 0.757. The summed E-state index contributed by atoms with van der Waals surface area (Å²) in [6.07, 6.45) is 2.91. The highest BCUT2D eigenvalue weighted by molar-refractivity contribution is 5.54. The second kappa shape index (κ2) is 7.76. The van der Waals surface area contributed by atoms with E-state index in [4.69, 9.17) is 14.5 Å². The quantitative estimate of drug-likeness (QED) is 0.693. The Morgan fingerprint density at radius 1 is 1.00 bits per heavy atom. The number of hydrogen-bond acceptors (Lipinski definition) is 5. The van der Waals surface area contributed by atoms with Crippen LogP contribution in [0.2, 0.25) is 0 Å². The maximum atomic E-state index is 5.41. The fraction of sp³-hybridized carbons (Fsp3) is 0.273. The lowest BCUT2D eigenvalue weighted by Gasteiger charge is -2.28. The van der Waals surface area contributed by atoms with Gasteiger partial charge in [-0.15, -0.1) is 0 Å². The van der Waals surface area contributed by atoms with Gasteiger partial charge in [-0.2, -0.15) is 0 Å². The molecule has 4 rings (SSSR count). The Labute approximate surface area is 159 Å². The summed E-state index contributed by atoms with van der Waals surface area (Å²) in [5.74, 6) is 2.33. The van der Waals surface area contributed by atoms with Gasteiger partial charge in [0.15, 0.2) is 17.3 Å². The monoisotopic (exact) mass is 361 g/mol. The van der Waals surface area contributed by atoms with Gasteiger partial charge in [0.2, 0.25) is 0 Å². The van der Waals surface area contributed by atoms with E-state index >= 15 is 0 Å². The number of fused-ring (bicyclic) bond motifs is 1. The molecule has 1 aromatic heterocycles. The van der Waals surface area contributed by atoms with Crippen LogP contribution in [0, 0.1) is 0 Å². The van der Waals surface area contributed by atoms with Crippen LogP contribution in [0.15, 0.2) is 54.7 Å². The first-order valence-electron chi connectivity index (χ1n) is 9.10. The third kappa shape index (κ3) is 3.78. The molecule has 0 radical (unpaired) electrons. The Bertz CT molecular complexity index is 928. The number of methoxy groups -OCH3 is 2. The van der Waals surface area contributed by atoms with E-state index in [2.05, 4.69) is 16.0 Å². The molecule has 138 valence electrons. The van der Waals surface area contributed by atoms with E-state index in [1.807, 2.05) is 48.7 Å².